The smallest absolute Gasteiger partial charge is 0.191 e. The standard InChI is InChI=1S/C19H27ClFN7/c1-3-22-19(24-12-17-25-13-26-27(17)2)23-11-16(28-9-4-5-10-28)18-14(20)7-6-8-15(18)21/h6-8,13,16H,3-5,9-12H2,1-2H3,(H2,22,23,24). The Morgan fingerprint density at radius 2 is 2.11 bits per heavy atom. The van der Waals surface area contributed by atoms with Gasteiger partial charge in [0.25, 0.3) is 0 Å². The molecule has 152 valence electrons. The van der Waals surface area contributed by atoms with Crippen molar-refractivity contribution in [2.45, 2.75) is 32.4 Å². The summed E-state index contributed by atoms with van der Waals surface area (Å²) in [7, 11) is 1.84. The van der Waals surface area contributed by atoms with Crippen LogP contribution in [0.3, 0.4) is 0 Å². The lowest BCUT2D eigenvalue weighted by Gasteiger charge is -2.29. The zero-order valence-electron chi connectivity index (χ0n) is 16.3. The third-order valence-corrected chi connectivity index (χ3v) is 5.23. The van der Waals surface area contributed by atoms with E-state index in [1.165, 1.54) is 12.4 Å². The van der Waals surface area contributed by atoms with Gasteiger partial charge in [0.15, 0.2) is 5.96 Å². The number of halogens is 2. The van der Waals surface area contributed by atoms with Crippen LogP contribution in [0.2, 0.25) is 5.02 Å². The topological polar surface area (TPSA) is 70.4 Å². The molecule has 1 unspecified atom stereocenters. The van der Waals surface area contributed by atoms with E-state index in [1.807, 2.05) is 14.0 Å². The van der Waals surface area contributed by atoms with Crippen molar-refractivity contribution in [3.63, 3.8) is 0 Å². The van der Waals surface area contributed by atoms with Gasteiger partial charge in [-0.1, -0.05) is 17.7 Å². The largest absolute Gasteiger partial charge is 0.357 e. The fourth-order valence-corrected chi connectivity index (χ4v) is 3.73. The van der Waals surface area contributed by atoms with Crippen LogP contribution in [0.15, 0.2) is 29.5 Å². The van der Waals surface area contributed by atoms with Crippen LogP contribution in [0, 0.1) is 5.82 Å². The van der Waals surface area contributed by atoms with E-state index in [0.29, 0.717) is 29.6 Å². The van der Waals surface area contributed by atoms with Crippen molar-refractivity contribution < 1.29 is 4.39 Å². The number of guanidine groups is 1. The highest BCUT2D eigenvalue weighted by Crippen LogP contribution is 2.31. The SMILES string of the molecule is CCNC(=NCc1ncnn1C)NCC(c1c(F)cccc1Cl)N1CCCC1. The molecule has 0 radical (unpaired) electrons. The Kier molecular flexibility index (Phi) is 7.22. The Hall–Kier alpha value is -2.19. The molecule has 0 spiro atoms. The molecular weight excluding hydrogens is 381 g/mol. The molecule has 1 aliphatic heterocycles. The highest BCUT2D eigenvalue weighted by atomic mass is 35.5. The predicted octanol–water partition coefficient (Wildman–Crippen LogP) is 2.50. The van der Waals surface area contributed by atoms with Gasteiger partial charge < -0.3 is 10.6 Å². The molecule has 0 saturated carbocycles. The van der Waals surface area contributed by atoms with Crippen LogP contribution in [0.4, 0.5) is 4.39 Å². The molecule has 28 heavy (non-hydrogen) atoms. The molecule has 1 fully saturated rings. The lowest BCUT2D eigenvalue weighted by Crippen LogP contribution is -2.43. The molecule has 2 heterocycles. The number of hydrogen-bond acceptors (Lipinski definition) is 4. The Labute approximate surface area is 170 Å². The summed E-state index contributed by atoms with van der Waals surface area (Å²) in [6.45, 7) is 5.50. The van der Waals surface area contributed by atoms with Gasteiger partial charge in [-0.25, -0.2) is 14.4 Å². The van der Waals surface area contributed by atoms with Gasteiger partial charge in [-0.2, -0.15) is 5.10 Å². The zero-order chi connectivity index (χ0) is 19.9. The summed E-state index contributed by atoms with van der Waals surface area (Å²) in [5.74, 6) is 1.15. The summed E-state index contributed by atoms with van der Waals surface area (Å²) in [6, 6.07) is 4.70. The molecule has 2 N–H and O–H groups in total. The molecule has 1 saturated heterocycles. The summed E-state index contributed by atoms with van der Waals surface area (Å²) in [5, 5.41) is 11.1. The van der Waals surface area contributed by atoms with E-state index >= 15 is 0 Å². The number of nitrogens with zero attached hydrogens (tertiary/aromatic N) is 5. The quantitative estimate of drug-likeness (QED) is 0.545. The van der Waals surface area contributed by atoms with Crippen LogP contribution in [0.25, 0.3) is 0 Å². The number of aromatic nitrogens is 3. The van der Waals surface area contributed by atoms with Crippen LogP contribution < -0.4 is 10.6 Å². The highest BCUT2D eigenvalue weighted by Gasteiger charge is 2.27. The maximum absolute atomic E-state index is 14.6. The Morgan fingerprint density at radius 3 is 2.75 bits per heavy atom. The van der Waals surface area contributed by atoms with Crippen molar-refractivity contribution in [3.05, 3.63) is 46.8 Å². The second-order valence-electron chi connectivity index (χ2n) is 6.77. The van der Waals surface area contributed by atoms with E-state index in [-0.39, 0.29) is 11.9 Å². The van der Waals surface area contributed by atoms with E-state index in [0.717, 1.165) is 38.3 Å². The fourth-order valence-electron chi connectivity index (χ4n) is 3.44. The van der Waals surface area contributed by atoms with E-state index < -0.39 is 0 Å². The third-order valence-electron chi connectivity index (χ3n) is 4.91. The molecule has 1 aliphatic rings. The first-order chi connectivity index (χ1) is 13.6. The van der Waals surface area contributed by atoms with Crippen molar-refractivity contribution in [3.8, 4) is 0 Å². The lowest BCUT2D eigenvalue weighted by molar-refractivity contribution is 0.240. The Bertz CT molecular complexity index is 781. The number of aryl methyl sites for hydroxylation is 1. The van der Waals surface area contributed by atoms with Gasteiger partial charge in [0.05, 0.1) is 6.04 Å². The second-order valence-corrected chi connectivity index (χ2v) is 7.18. The first kappa shape index (κ1) is 20.5. The lowest BCUT2D eigenvalue weighted by atomic mass is 10.0. The van der Waals surface area contributed by atoms with Crippen LogP contribution in [0.1, 0.15) is 37.2 Å². The van der Waals surface area contributed by atoms with Crippen molar-refractivity contribution in [1.82, 2.24) is 30.3 Å². The van der Waals surface area contributed by atoms with Crippen LogP contribution in [-0.4, -0.2) is 51.8 Å². The average molecular weight is 408 g/mol. The van der Waals surface area contributed by atoms with E-state index in [9.17, 15) is 4.39 Å². The molecule has 7 nitrogen and oxygen atoms in total. The first-order valence-electron chi connectivity index (χ1n) is 9.63. The van der Waals surface area contributed by atoms with Crippen molar-refractivity contribution in [2.75, 3.05) is 26.2 Å². The molecule has 0 aliphatic carbocycles. The van der Waals surface area contributed by atoms with Gasteiger partial charge in [0.1, 0.15) is 24.5 Å². The average Bonchev–Trinajstić information content (AvgIpc) is 3.34. The number of benzene rings is 1. The summed E-state index contributed by atoms with van der Waals surface area (Å²) in [5.41, 5.74) is 0.544. The Balaban J connectivity index is 1.76. The molecule has 1 atom stereocenters. The summed E-state index contributed by atoms with van der Waals surface area (Å²) in [4.78, 5) is 11.1. The van der Waals surface area contributed by atoms with Crippen molar-refractivity contribution in [2.24, 2.45) is 12.0 Å². The minimum atomic E-state index is -0.271. The highest BCUT2D eigenvalue weighted by molar-refractivity contribution is 6.31. The van der Waals surface area contributed by atoms with Gasteiger partial charge in [-0.05, 0) is 45.0 Å². The number of likely N-dealkylation sites (tertiary alicyclic amines) is 1. The summed E-state index contributed by atoms with van der Waals surface area (Å²) >= 11 is 6.37. The van der Waals surface area contributed by atoms with Gasteiger partial charge in [-0.15, -0.1) is 0 Å². The number of rotatable bonds is 7. The summed E-state index contributed by atoms with van der Waals surface area (Å²) < 4.78 is 16.3. The van der Waals surface area contributed by atoms with Crippen LogP contribution in [-0.2, 0) is 13.6 Å². The van der Waals surface area contributed by atoms with E-state index in [2.05, 4.69) is 30.6 Å². The molecule has 3 rings (SSSR count). The molecule has 1 aromatic carbocycles. The Morgan fingerprint density at radius 1 is 1.32 bits per heavy atom. The molecule has 1 aromatic heterocycles. The fraction of sp³-hybridized carbons (Fsp3) is 0.526. The van der Waals surface area contributed by atoms with Crippen LogP contribution in [0.5, 0.6) is 0 Å². The van der Waals surface area contributed by atoms with Crippen LogP contribution >= 0.6 is 11.6 Å². The number of nitrogens with one attached hydrogen (secondary N) is 2. The van der Waals surface area contributed by atoms with Crippen molar-refractivity contribution >= 4 is 17.6 Å². The van der Waals surface area contributed by atoms with Crippen molar-refractivity contribution in [1.29, 1.82) is 0 Å². The maximum Gasteiger partial charge on any atom is 0.191 e. The minimum absolute atomic E-state index is 0.158. The molecule has 0 amide bonds. The minimum Gasteiger partial charge on any atom is -0.357 e. The normalized spacial score (nSPS) is 16.4. The monoisotopic (exact) mass is 407 g/mol. The number of aliphatic imine (C=N–C) groups is 1. The van der Waals surface area contributed by atoms with E-state index in [4.69, 9.17) is 11.6 Å². The zero-order valence-corrected chi connectivity index (χ0v) is 17.1. The summed E-state index contributed by atoms with van der Waals surface area (Å²) in [6.07, 6.45) is 3.74. The first-order valence-corrected chi connectivity index (χ1v) is 10.0. The van der Waals surface area contributed by atoms with Gasteiger partial charge in [0.2, 0.25) is 0 Å². The predicted molar refractivity (Wildman–Crippen MR) is 109 cm³/mol. The third kappa shape index (κ3) is 4.99. The second kappa shape index (κ2) is 9.84. The molecule has 0 bridgehead atoms. The maximum atomic E-state index is 14.6. The van der Waals surface area contributed by atoms with Gasteiger partial charge in [0, 0.05) is 30.7 Å². The molecular formula is C19H27ClFN7. The molecule has 2 aromatic rings. The van der Waals surface area contributed by atoms with Gasteiger partial charge >= 0.3 is 0 Å². The molecule has 9 heteroatoms. The number of hydrogen-bond donors (Lipinski definition) is 2. The van der Waals surface area contributed by atoms with Gasteiger partial charge in [-0.3, -0.25) is 9.58 Å². The van der Waals surface area contributed by atoms with E-state index in [1.54, 1.807) is 16.8 Å².